The molecule has 0 saturated heterocycles. The van der Waals surface area contributed by atoms with Crippen LogP contribution >= 0.6 is 0 Å². The van der Waals surface area contributed by atoms with Gasteiger partial charge in [0, 0.05) is 20.7 Å². The van der Waals surface area contributed by atoms with Crippen molar-refractivity contribution in [3.63, 3.8) is 0 Å². The number of nitrogens with zero attached hydrogens (tertiary/aromatic N) is 3. The van der Waals surface area contributed by atoms with Gasteiger partial charge in [0.15, 0.2) is 0 Å². The van der Waals surface area contributed by atoms with E-state index in [2.05, 4.69) is 23.4 Å². The maximum Gasteiger partial charge on any atom is 0.143 e. The molecule has 0 rings (SSSR count). The largest absolute Gasteiger partial charge is 0.383 e. The highest BCUT2D eigenvalue weighted by Gasteiger charge is 1.98. The normalized spacial score (nSPS) is 9.40. The molecule has 0 spiro atoms. The Labute approximate surface area is 93.3 Å². The molecule has 0 bridgehead atoms. The van der Waals surface area contributed by atoms with Crippen LogP contribution in [-0.2, 0) is 4.74 Å². The maximum absolute atomic E-state index is 4.92. The third-order valence-corrected chi connectivity index (χ3v) is 1.41. The molecule has 0 fully saturated rings. The second kappa shape index (κ2) is 10.9. The van der Waals surface area contributed by atoms with Crippen LogP contribution in [0.25, 0.3) is 0 Å². The Morgan fingerprint density at radius 3 is 2.20 bits per heavy atom. The maximum atomic E-state index is 4.92. The molecule has 0 heterocycles. The summed E-state index contributed by atoms with van der Waals surface area (Å²) in [7, 11) is 3.55. The van der Waals surface area contributed by atoms with Gasteiger partial charge in [0.1, 0.15) is 5.82 Å². The summed E-state index contributed by atoms with van der Waals surface area (Å²) in [5, 5.41) is 7.68. The molecule has 0 aromatic rings. The van der Waals surface area contributed by atoms with Crippen molar-refractivity contribution >= 4 is 0 Å². The van der Waals surface area contributed by atoms with Gasteiger partial charge in [0.2, 0.25) is 0 Å². The molecule has 4 heteroatoms. The first-order chi connectivity index (χ1) is 7.07. The van der Waals surface area contributed by atoms with Gasteiger partial charge in [-0.3, -0.25) is 0 Å². The van der Waals surface area contributed by atoms with E-state index in [4.69, 9.17) is 4.74 Å². The van der Waals surface area contributed by atoms with Crippen LogP contribution in [0, 0.1) is 0 Å². The first kappa shape index (κ1) is 16.3. The quantitative estimate of drug-likeness (QED) is 0.636. The van der Waals surface area contributed by atoms with Crippen LogP contribution in [0.4, 0.5) is 0 Å². The van der Waals surface area contributed by atoms with E-state index < -0.39 is 0 Å². The predicted molar refractivity (Wildman–Crippen MR) is 64.7 cm³/mol. The fourth-order valence-corrected chi connectivity index (χ4v) is 0.577. The lowest BCUT2D eigenvalue weighted by atomic mass is 10.5. The van der Waals surface area contributed by atoms with Crippen molar-refractivity contribution in [1.82, 2.24) is 4.90 Å². The number of allylic oxidation sites excluding steroid dienone is 1. The van der Waals surface area contributed by atoms with Crippen molar-refractivity contribution in [2.75, 3.05) is 27.3 Å². The summed E-state index contributed by atoms with van der Waals surface area (Å²) in [6, 6.07) is 0. The Hall–Kier alpha value is -1.16. The summed E-state index contributed by atoms with van der Waals surface area (Å²) in [5.74, 6) is 0.611. The summed E-state index contributed by atoms with van der Waals surface area (Å²) >= 11 is 0. The van der Waals surface area contributed by atoms with Crippen LogP contribution in [0.3, 0.4) is 0 Å². The van der Waals surface area contributed by atoms with Gasteiger partial charge in [-0.05, 0) is 6.92 Å². The summed E-state index contributed by atoms with van der Waals surface area (Å²) in [4.78, 5) is 1.87. The Balaban J connectivity index is 0. The standard InChI is InChI=1S/C9H17N3O.C2H6/c1-8(2)10-11-9(3)12(4)6-7-13-5;1-2/h1,3,6-7H2,2,4-5H3;1-2H3. The van der Waals surface area contributed by atoms with Gasteiger partial charge in [-0.25, -0.2) is 0 Å². The van der Waals surface area contributed by atoms with Crippen molar-refractivity contribution in [1.29, 1.82) is 0 Å². The van der Waals surface area contributed by atoms with Gasteiger partial charge in [-0.15, -0.1) is 5.11 Å². The summed E-state index contributed by atoms with van der Waals surface area (Å²) < 4.78 is 4.92. The Morgan fingerprint density at radius 1 is 1.27 bits per heavy atom. The molecule has 0 aliphatic rings. The average Bonchev–Trinajstić information content (AvgIpc) is 2.25. The minimum atomic E-state index is 0.611. The molecule has 88 valence electrons. The number of hydrogen-bond acceptors (Lipinski definition) is 4. The van der Waals surface area contributed by atoms with E-state index in [1.807, 2.05) is 25.8 Å². The molecule has 0 atom stereocenters. The van der Waals surface area contributed by atoms with Crippen LogP contribution in [-0.4, -0.2) is 32.2 Å². The minimum absolute atomic E-state index is 0.611. The first-order valence-corrected chi connectivity index (χ1v) is 5.04. The lowest BCUT2D eigenvalue weighted by Crippen LogP contribution is -2.20. The Bertz CT molecular complexity index is 212. The van der Waals surface area contributed by atoms with Gasteiger partial charge < -0.3 is 9.64 Å². The number of azo groups is 1. The lowest BCUT2D eigenvalue weighted by Gasteiger charge is -2.16. The molecular weight excluding hydrogens is 190 g/mol. The van der Waals surface area contributed by atoms with Crippen molar-refractivity contribution in [3.8, 4) is 0 Å². The SMILES string of the molecule is C=C(C)N=NC(=C)N(C)CCOC.CC. The Morgan fingerprint density at radius 2 is 1.80 bits per heavy atom. The average molecular weight is 213 g/mol. The fourth-order valence-electron chi connectivity index (χ4n) is 0.577. The van der Waals surface area contributed by atoms with Crippen LogP contribution < -0.4 is 0 Å². The van der Waals surface area contributed by atoms with E-state index in [-0.39, 0.29) is 0 Å². The molecule has 0 amide bonds. The van der Waals surface area contributed by atoms with E-state index in [9.17, 15) is 0 Å². The zero-order chi connectivity index (χ0) is 12.3. The highest BCUT2D eigenvalue weighted by Crippen LogP contribution is 2.02. The fraction of sp³-hybridized carbons (Fsp3) is 0.636. The molecule has 0 aliphatic heterocycles. The molecule has 0 aromatic heterocycles. The van der Waals surface area contributed by atoms with Gasteiger partial charge in [-0.2, -0.15) is 5.11 Å². The van der Waals surface area contributed by atoms with E-state index in [1.165, 1.54) is 0 Å². The molecule has 0 radical (unpaired) electrons. The van der Waals surface area contributed by atoms with Gasteiger partial charge in [0.05, 0.1) is 12.3 Å². The zero-order valence-corrected chi connectivity index (χ0v) is 10.6. The molecule has 0 aromatic carbocycles. The summed E-state index contributed by atoms with van der Waals surface area (Å²) in [5.41, 5.74) is 0.668. The molecule has 0 unspecified atom stereocenters. The van der Waals surface area contributed by atoms with Crippen molar-refractivity contribution in [3.05, 3.63) is 24.7 Å². The summed E-state index contributed by atoms with van der Waals surface area (Å²) in [6.07, 6.45) is 0. The molecule has 0 saturated carbocycles. The number of rotatable bonds is 6. The summed E-state index contributed by atoms with van der Waals surface area (Å²) in [6.45, 7) is 14.5. The molecule has 4 nitrogen and oxygen atoms in total. The molecule has 0 aliphatic carbocycles. The smallest absolute Gasteiger partial charge is 0.143 e. The monoisotopic (exact) mass is 213 g/mol. The third kappa shape index (κ3) is 10.8. The van der Waals surface area contributed by atoms with E-state index in [0.717, 1.165) is 6.54 Å². The van der Waals surface area contributed by atoms with Crippen LogP contribution in [0.1, 0.15) is 20.8 Å². The van der Waals surface area contributed by atoms with E-state index >= 15 is 0 Å². The van der Waals surface area contributed by atoms with Crippen LogP contribution in [0.2, 0.25) is 0 Å². The van der Waals surface area contributed by atoms with E-state index in [0.29, 0.717) is 18.1 Å². The molecule has 15 heavy (non-hydrogen) atoms. The number of methoxy groups -OCH3 is 1. The third-order valence-electron chi connectivity index (χ3n) is 1.41. The van der Waals surface area contributed by atoms with Gasteiger partial charge in [0.25, 0.3) is 0 Å². The van der Waals surface area contributed by atoms with Crippen LogP contribution in [0.5, 0.6) is 0 Å². The Kier molecular flexibility index (Phi) is 11.8. The molecule has 0 N–H and O–H groups in total. The van der Waals surface area contributed by atoms with Gasteiger partial charge in [-0.1, -0.05) is 27.0 Å². The van der Waals surface area contributed by atoms with Crippen molar-refractivity contribution in [2.24, 2.45) is 10.2 Å². The zero-order valence-electron chi connectivity index (χ0n) is 10.6. The van der Waals surface area contributed by atoms with Crippen molar-refractivity contribution < 1.29 is 4.74 Å². The van der Waals surface area contributed by atoms with E-state index in [1.54, 1.807) is 14.0 Å². The predicted octanol–water partition coefficient (Wildman–Crippen LogP) is 3.05. The molecular formula is C11H23N3O. The first-order valence-electron chi connectivity index (χ1n) is 5.04. The van der Waals surface area contributed by atoms with Crippen molar-refractivity contribution in [2.45, 2.75) is 20.8 Å². The second-order valence-corrected chi connectivity index (χ2v) is 2.77. The number of ether oxygens (including phenoxy) is 1. The lowest BCUT2D eigenvalue weighted by molar-refractivity contribution is 0.173. The number of likely N-dealkylation sites (N-methyl/N-ethyl adjacent to an activating group) is 1. The van der Waals surface area contributed by atoms with Gasteiger partial charge >= 0.3 is 0 Å². The number of hydrogen-bond donors (Lipinski definition) is 0. The highest BCUT2D eigenvalue weighted by molar-refractivity contribution is 4.91. The second-order valence-electron chi connectivity index (χ2n) is 2.77. The topological polar surface area (TPSA) is 37.2 Å². The minimum Gasteiger partial charge on any atom is -0.383 e. The highest BCUT2D eigenvalue weighted by atomic mass is 16.5. The van der Waals surface area contributed by atoms with Crippen LogP contribution in [0.15, 0.2) is 34.9 Å².